The molecular formula is C11H21NO7S. The molecule has 0 radical (unpaired) electrons. The van der Waals surface area contributed by atoms with Gasteiger partial charge in [-0.1, -0.05) is 6.42 Å². The first-order valence-corrected chi connectivity index (χ1v) is 7.83. The molecule has 1 rings (SSSR count). The summed E-state index contributed by atoms with van der Waals surface area (Å²) in [6.45, 7) is -2.27. The average Bonchev–Trinajstić information content (AvgIpc) is 2.94. The lowest BCUT2D eigenvalue weighted by atomic mass is 10.1. The van der Waals surface area contributed by atoms with Crippen LogP contribution in [0.3, 0.4) is 0 Å². The third-order valence-electron chi connectivity index (χ3n) is 3.62. The first-order chi connectivity index (χ1) is 9.35. The Labute approximate surface area is 117 Å². The zero-order chi connectivity index (χ0) is 15.4. The van der Waals surface area contributed by atoms with Gasteiger partial charge in [-0.25, -0.2) is 13.1 Å². The molecule has 2 unspecified atom stereocenters. The molecule has 0 amide bonds. The van der Waals surface area contributed by atoms with Gasteiger partial charge in [-0.3, -0.25) is 4.79 Å². The van der Waals surface area contributed by atoms with E-state index in [4.69, 9.17) is 15.3 Å². The molecule has 0 heterocycles. The lowest BCUT2D eigenvalue weighted by Gasteiger charge is -2.30. The summed E-state index contributed by atoms with van der Waals surface area (Å²) in [6.07, 6.45) is 1.26. The fourth-order valence-corrected chi connectivity index (χ4v) is 4.45. The van der Waals surface area contributed by atoms with Gasteiger partial charge >= 0.3 is 5.97 Å². The van der Waals surface area contributed by atoms with Gasteiger partial charge in [0.15, 0.2) is 0 Å². The Balaban J connectivity index is 2.95. The monoisotopic (exact) mass is 311 g/mol. The third kappa shape index (κ3) is 3.47. The summed E-state index contributed by atoms with van der Waals surface area (Å²) in [7, 11) is -2.80. The summed E-state index contributed by atoms with van der Waals surface area (Å²) in [6, 6.07) is 0. The van der Waals surface area contributed by atoms with E-state index < -0.39 is 52.5 Å². The van der Waals surface area contributed by atoms with E-state index in [1.807, 2.05) is 0 Å². The maximum atomic E-state index is 12.3. The second-order valence-electron chi connectivity index (χ2n) is 5.00. The fourth-order valence-electron chi connectivity index (χ4n) is 2.34. The second-order valence-corrected chi connectivity index (χ2v) is 6.90. The number of carbonyl (C=O) groups excluding carboxylic acids is 1. The molecule has 9 heteroatoms. The topological polar surface area (TPSA) is 133 Å². The summed E-state index contributed by atoms with van der Waals surface area (Å²) in [5.41, 5.74) is -1.73. The molecule has 0 spiro atoms. The Morgan fingerprint density at radius 1 is 1.25 bits per heavy atom. The van der Waals surface area contributed by atoms with Gasteiger partial charge in [0.05, 0.1) is 38.1 Å². The predicted octanol–water partition coefficient (Wildman–Crippen LogP) is -2.04. The van der Waals surface area contributed by atoms with Gasteiger partial charge in [0.2, 0.25) is 10.0 Å². The maximum Gasteiger partial charge on any atom is 0.310 e. The van der Waals surface area contributed by atoms with Crippen LogP contribution in [-0.4, -0.2) is 67.4 Å². The van der Waals surface area contributed by atoms with E-state index in [1.54, 1.807) is 0 Å². The van der Waals surface area contributed by atoms with E-state index in [0.29, 0.717) is 12.8 Å². The average molecular weight is 311 g/mol. The van der Waals surface area contributed by atoms with Crippen LogP contribution in [0.1, 0.15) is 19.3 Å². The van der Waals surface area contributed by atoms with Crippen LogP contribution >= 0.6 is 0 Å². The van der Waals surface area contributed by atoms with Crippen LogP contribution in [0.4, 0.5) is 0 Å². The summed E-state index contributed by atoms with van der Waals surface area (Å²) in [5.74, 6) is -1.37. The number of rotatable bonds is 7. The highest BCUT2D eigenvalue weighted by Crippen LogP contribution is 2.32. The quantitative estimate of drug-likeness (QED) is 0.398. The van der Waals surface area contributed by atoms with E-state index in [9.17, 15) is 13.2 Å². The van der Waals surface area contributed by atoms with Crippen LogP contribution < -0.4 is 4.72 Å². The first kappa shape index (κ1) is 17.3. The Morgan fingerprint density at radius 3 is 2.25 bits per heavy atom. The van der Waals surface area contributed by atoms with Gasteiger partial charge in [0.25, 0.3) is 0 Å². The molecule has 20 heavy (non-hydrogen) atoms. The van der Waals surface area contributed by atoms with Crippen molar-refractivity contribution in [2.24, 2.45) is 5.92 Å². The molecule has 1 aliphatic carbocycles. The molecule has 0 aromatic carbocycles. The second kappa shape index (κ2) is 6.81. The Morgan fingerprint density at radius 2 is 1.80 bits per heavy atom. The van der Waals surface area contributed by atoms with E-state index >= 15 is 0 Å². The predicted molar refractivity (Wildman–Crippen MR) is 69.2 cm³/mol. The summed E-state index contributed by atoms with van der Waals surface area (Å²) in [5, 5.41) is 26.5. The number of sulfonamides is 1. The molecule has 1 aliphatic rings. The Bertz CT molecular complexity index is 424. The highest BCUT2D eigenvalue weighted by molar-refractivity contribution is 7.90. The molecule has 1 fully saturated rings. The van der Waals surface area contributed by atoms with Crippen molar-refractivity contribution in [3.63, 3.8) is 0 Å². The highest BCUT2D eigenvalue weighted by Gasteiger charge is 2.45. The zero-order valence-corrected chi connectivity index (χ0v) is 12.1. The molecule has 2 atom stereocenters. The SMILES string of the molecule is COC(=O)C1CCCC1S(=O)(=O)NC(CO)(CO)CO. The van der Waals surface area contributed by atoms with Crippen LogP contribution in [-0.2, 0) is 19.6 Å². The summed E-state index contributed by atoms with van der Waals surface area (Å²) >= 11 is 0. The van der Waals surface area contributed by atoms with Crippen LogP contribution in [0.15, 0.2) is 0 Å². The summed E-state index contributed by atoms with van der Waals surface area (Å²) < 4.78 is 31.3. The smallest absolute Gasteiger partial charge is 0.310 e. The number of hydrogen-bond acceptors (Lipinski definition) is 7. The van der Waals surface area contributed by atoms with Crippen molar-refractivity contribution < 1.29 is 33.3 Å². The molecule has 118 valence electrons. The van der Waals surface area contributed by atoms with Crippen molar-refractivity contribution in [1.29, 1.82) is 0 Å². The highest BCUT2D eigenvalue weighted by atomic mass is 32.2. The normalized spacial score (nSPS) is 23.8. The van der Waals surface area contributed by atoms with Crippen LogP contribution in [0.25, 0.3) is 0 Å². The van der Waals surface area contributed by atoms with E-state index in [-0.39, 0.29) is 6.42 Å². The van der Waals surface area contributed by atoms with E-state index in [1.165, 1.54) is 7.11 Å². The number of hydrogen-bond donors (Lipinski definition) is 4. The molecule has 0 aromatic heterocycles. The molecule has 4 N–H and O–H groups in total. The van der Waals surface area contributed by atoms with Gasteiger partial charge in [-0.05, 0) is 12.8 Å². The number of ether oxygens (including phenoxy) is 1. The minimum absolute atomic E-state index is 0.285. The number of aliphatic hydroxyl groups is 3. The van der Waals surface area contributed by atoms with Gasteiger partial charge in [0, 0.05) is 0 Å². The van der Waals surface area contributed by atoms with Crippen molar-refractivity contribution in [2.45, 2.75) is 30.1 Å². The molecule has 0 saturated heterocycles. The van der Waals surface area contributed by atoms with Crippen LogP contribution in [0.5, 0.6) is 0 Å². The first-order valence-electron chi connectivity index (χ1n) is 6.29. The van der Waals surface area contributed by atoms with Crippen molar-refractivity contribution in [2.75, 3.05) is 26.9 Å². The number of aliphatic hydroxyl groups excluding tert-OH is 3. The largest absolute Gasteiger partial charge is 0.469 e. The van der Waals surface area contributed by atoms with Gasteiger partial charge in [-0.2, -0.15) is 0 Å². The number of methoxy groups -OCH3 is 1. The lowest BCUT2D eigenvalue weighted by Crippen LogP contribution is -2.59. The molecule has 0 aromatic rings. The number of carbonyl (C=O) groups is 1. The van der Waals surface area contributed by atoms with Gasteiger partial charge in [0.1, 0.15) is 5.54 Å². The van der Waals surface area contributed by atoms with E-state index in [0.717, 1.165) is 0 Å². The minimum atomic E-state index is -3.99. The Hall–Kier alpha value is -0.740. The molecule has 1 saturated carbocycles. The van der Waals surface area contributed by atoms with E-state index in [2.05, 4.69) is 9.46 Å². The molecule has 0 aliphatic heterocycles. The fraction of sp³-hybridized carbons (Fsp3) is 0.909. The van der Waals surface area contributed by atoms with Gasteiger partial charge < -0.3 is 20.1 Å². The zero-order valence-electron chi connectivity index (χ0n) is 11.3. The standard InChI is InChI=1S/C11H21NO7S/c1-19-10(16)8-3-2-4-9(8)20(17,18)12-11(5-13,6-14)7-15/h8-9,12-15H,2-7H2,1H3. The molecule has 8 nitrogen and oxygen atoms in total. The van der Waals surface area contributed by atoms with Crippen molar-refractivity contribution in [3.8, 4) is 0 Å². The van der Waals surface area contributed by atoms with Crippen LogP contribution in [0, 0.1) is 5.92 Å². The Kier molecular flexibility index (Phi) is 5.90. The third-order valence-corrected chi connectivity index (χ3v) is 5.70. The van der Waals surface area contributed by atoms with Gasteiger partial charge in [-0.15, -0.1) is 0 Å². The number of esters is 1. The van der Waals surface area contributed by atoms with Crippen molar-refractivity contribution in [1.82, 2.24) is 4.72 Å². The lowest BCUT2D eigenvalue weighted by molar-refractivity contribution is -0.145. The summed E-state index contributed by atoms with van der Waals surface area (Å²) in [4.78, 5) is 11.6. The van der Waals surface area contributed by atoms with Crippen LogP contribution in [0.2, 0.25) is 0 Å². The maximum absolute atomic E-state index is 12.3. The number of nitrogens with one attached hydrogen (secondary N) is 1. The molecular weight excluding hydrogens is 290 g/mol. The molecule has 0 bridgehead atoms. The van der Waals surface area contributed by atoms with Crippen molar-refractivity contribution >= 4 is 16.0 Å². The minimum Gasteiger partial charge on any atom is -0.469 e. The van der Waals surface area contributed by atoms with Crippen molar-refractivity contribution in [3.05, 3.63) is 0 Å².